The number of ketones is 1. The van der Waals surface area contributed by atoms with Crippen molar-refractivity contribution in [3.05, 3.63) is 93.5 Å². The SMILES string of the molecule is CC1Cc2ccccc2N1S(=O)(=O)c1cccc(C(=O)OCC(=O)c2cc(Cl)ccc2Cl)c1. The van der Waals surface area contributed by atoms with Crippen molar-refractivity contribution in [2.45, 2.75) is 24.3 Å². The van der Waals surface area contributed by atoms with Gasteiger partial charge in [-0.25, -0.2) is 13.2 Å². The van der Waals surface area contributed by atoms with Crippen LogP contribution >= 0.6 is 23.2 Å². The van der Waals surface area contributed by atoms with Crippen molar-refractivity contribution in [3.8, 4) is 0 Å². The van der Waals surface area contributed by atoms with Crippen LogP contribution in [-0.4, -0.2) is 32.8 Å². The zero-order valence-corrected chi connectivity index (χ0v) is 19.8. The summed E-state index contributed by atoms with van der Waals surface area (Å²) < 4.78 is 33.3. The van der Waals surface area contributed by atoms with Crippen molar-refractivity contribution in [1.82, 2.24) is 0 Å². The Kier molecular flexibility index (Phi) is 6.47. The number of sulfonamides is 1. The predicted molar refractivity (Wildman–Crippen MR) is 127 cm³/mol. The maximum absolute atomic E-state index is 13.4. The van der Waals surface area contributed by atoms with Crippen LogP contribution in [0, 0.1) is 0 Å². The van der Waals surface area contributed by atoms with Gasteiger partial charge in [0.1, 0.15) is 0 Å². The van der Waals surface area contributed by atoms with Gasteiger partial charge in [0.15, 0.2) is 6.61 Å². The molecule has 0 spiro atoms. The molecule has 1 atom stereocenters. The lowest BCUT2D eigenvalue weighted by atomic mass is 10.1. The molecule has 1 aliphatic heterocycles. The van der Waals surface area contributed by atoms with Crippen LogP contribution in [0.3, 0.4) is 0 Å². The standard InChI is InChI=1S/C24H19Cl2NO5S/c1-15-11-16-5-2-3-8-22(16)27(15)33(30,31)19-7-4-6-17(12-19)24(29)32-14-23(28)20-13-18(25)9-10-21(20)26/h2-10,12-13,15H,11,14H2,1H3. The van der Waals surface area contributed by atoms with E-state index < -0.39 is 28.4 Å². The zero-order chi connectivity index (χ0) is 23.8. The van der Waals surface area contributed by atoms with E-state index in [0.29, 0.717) is 17.1 Å². The zero-order valence-electron chi connectivity index (χ0n) is 17.5. The third-order valence-corrected chi connectivity index (χ3v) is 7.82. The van der Waals surface area contributed by atoms with Crippen LogP contribution in [-0.2, 0) is 21.2 Å². The first kappa shape index (κ1) is 23.3. The van der Waals surface area contributed by atoms with E-state index in [1.165, 1.54) is 46.8 Å². The van der Waals surface area contributed by atoms with Crippen molar-refractivity contribution in [1.29, 1.82) is 0 Å². The van der Waals surface area contributed by atoms with Gasteiger partial charge in [0.2, 0.25) is 5.78 Å². The number of para-hydroxylation sites is 1. The van der Waals surface area contributed by atoms with E-state index in [4.69, 9.17) is 27.9 Å². The summed E-state index contributed by atoms with van der Waals surface area (Å²) >= 11 is 11.9. The molecule has 0 fully saturated rings. The third-order valence-electron chi connectivity index (χ3n) is 5.33. The van der Waals surface area contributed by atoms with Crippen molar-refractivity contribution in [2.75, 3.05) is 10.9 Å². The van der Waals surface area contributed by atoms with E-state index in [1.807, 2.05) is 19.1 Å². The highest BCUT2D eigenvalue weighted by Gasteiger charge is 2.36. The predicted octanol–water partition coefficient (Wildman–Crippen LogP) is 5.17. The number of halogens is 2. The fourth-order valence-corrected chi connectivity index (χ4v) is 5.94. The van der Waals surface area contributed by atoms with E-state index in [0.717, 1.165) is 5.56 Å². The largest absolute Gasteiger partial charge is 0.454 e. The lowest BCUT2D eigenvalue weighted by Gasteiger charge is -2.24. The van der Waals surface area contributed by atoms with Gasteiger partial charge in [-0.2, -0.15) is 0 Å². The Balaban J connectivity index is 1.53. The second kappa shape index (κ2) is 9.17. The fraction of sp³-hybridized carbons (Fsp3) is 0.167. The number of carbonyl (C=O) groups excluding carboxylic acids is 2. The van der Waals surface area contributed by atoms with Gasteiger partial charge in [-0.05, 0) is 61.4 Å². The summed E-state index contributed by atoms with van der Waals surface area (Å²) in [6.07, 6.45) is 0.602. The molecule has 6 nitrogen and oxygen atoms in total. The monoisotopic (exact) mass is 503 g/mol. The van der Waals surface area contributed by atoms with Gasteiger partial charge in [0.05, 0.1) is 21.2 Å². The highest BCUT2D eigenvalue weighted by molar-refractivity contribution is 7.92. The molecule has 4 rings (SSSR count). The maximum Gasteiger partial charge on any atom is 0.338 e. The minimum atomic E-state index is -3.92. The molecule has 0 bridgehead atoms. The van der Waals surface area contributed by atoms with E-state index in [2.05, 4.69) is 0 Å². The van der Waals surface area contributed by atoms with Crippen LogP contribution < -0.4 is 4.31 Å². The van der Waals surface area contributed by atoms with Gasteiger partial charge in [0, 0.05) is 16.6 Å². The van der Waals surface area contributed by atoms with Crippen LogP contribution in [0.5, 0.6) is 0 Å². The molecule has 0 aliphatic carbocycles. The average molecular weight is 504 g/mol. The second-order valence-corrected chi connectivity index (χ2v) is 10.3. The average Bonchev–Trinajstić information content (AvgIpc) is 3.15. The molecule has 170 valence electrons. The van der Waals surface area contributed by atoms with Crippen LogP contribution in [0.25, 0.3) is 0 Å². The van der Waals surface area contributed by atoms with Gasteiger partial charge >= 0.3 is 5.97 Å². The molecule has 0 amide bonds. The number of fused-ring (bicyclic) bond motifs is 1. The summed E-state index contributed by atoms with van der Waals surface area (Å²) in [5.41, 5.74) is 1.72. The summed E-state index contributed by atoms with van der Waals surface area (Å²) in [5, 5.41) is 0.512. The first-order valence-electron chi connectivity index (χ1n) is 10.1. The number of ether oxygens (including phenoxy) is 1. The van der Waals surface area contributed by atoms with Crippen molar-refractivity contribution >= 4 is 50.7 Å². The maximum atomic E-state index is 13.4. The number of hydrogen-bond donors (Lipinski definition) is 0. The van der Waals surface area contributed by atoms with Crippen molar-refractivity contribution in [3.63, 3.8) is 0 Å². The van der Waals surface area contributed by atoms with E-state index in [1.54, 1.807) is 12.1 Å². The molecular weight excluding hydrogens is 485 g/mol. The highest BCUT2D eigenvalue weighted by atomic mass is 35.5. The highest BCUT2D eigenvalue weighted by Crippen LogP contribution is 2.36. The number of carbonyl (C=O) groups is 2. The van der Waals surface area contributed by atoms with Crippen LogP contribution in [0.2, 0.25) is 10.0 Å². The molecule has 1 unspecified atom stereocenters. The Morgan fingerprint density at radius 3 is 2.58 bits per heavy atom. The number of hydrogen-bond acceptors (Lipinski definition) is 5. The molecular formula is C24H19Cl2NO5S. The molecule has 0 saturated carbocycles. The first-order chi connectivity index (χ1) is 15.7. The quantitative estimate of drug-likeness (QED) is 0.342. The molecule has 0 saturated heterocycles. The summed E-state index contributed by atoms with van der Waals surface area (Å²) in [6, 6.07) is 17.0. The van der Waals surface area contributed by atoms with Crippen LogP contribution in [0.15, 0.2) is 71.6 Å². The number of esters is 1. The number of benzene rings is 3. The molecule has 3 aromatic carbocycles. The van der Waals surface area contributed by atoms with E-state index >= 15 is 0 Å². The summed E-state index contributed by atoms with van der Waals surface area (Å²) in [5.74, 6) is -1.35. The molecule has 33 heavy (non-hydrogen) atoms. The minimum absolute atomic E-state index is 0.0150. The number of rotatable bonds is 6. The molecule has 3 aromatic rings. The number of nitrogens with zero attached hydrogens (tertiary/aromatic N) is 1. The summed E-state index contributed by atoms with van der Waals surface area (Å²) in [4.78, 5) is 24.9. The minimum Gasteiger partial charge on any atom is -0.454 e. The number of Topliss-reactive ketones (excluding diaryl/α,β-unsaturated/α-hetero) is 1. The van der Waals surface area contributed by atoms with Crippen LogP contribution in [0.1, 0.15) is 33.2 Å². The Labute approximate surface area is 201 Å². The summed E-state index contributed by atoms with van der Waals surface area (Å²) in [7, 11) is -3.92. The Bertz CT molecular complexity index is 1360. The lowest BCUT2D eigenvalue weighted by Crippen LogP contribution is -2.35. The molecule has 0 N–H and O–H groups in total. The third kappa shape index (κ3) is 4.62. The van der Waals surface area contributed by atoms with Crippen molar-refractivity contribution in [2.24, 2.45) is 0 Å². The van der Waals surface area contributed by atoms with Gasteiger partial charge in [-0.1, -0.05) is 47.5 Å². The molecule has 0 radical (unpaired) electrons. The van der Waals surface area contributed by atoms with E-state index in [9.17, 15) is 18.0 Å². The molecule has 0 aromatic heterocycles. The normalized spacial score (nSPS) is 15.2. The van der Waals surface area contributed by atoms with E-state index in [-0.39, 0.29) is 27.1 Å². The van der Waals surface area contributed by atoms with Crippen molar-refractivity contribution < 1.29 is 22.7 Å². The Hall–Kier alpha value is -2.87. The fourth-order valence-electron chi connectivity index (χ4n) is 3.80. The van der Waals surface area contributed by atoms with Gasteiger partial charge in [-0.3, -0.25) is 9.10 Å². The lowest BCUT2D eigenvalue weighted by molar-refractivity contribution is 0.0474. The molecule has 1 aliphatic rings. The Morgan fingerprint density at radius 2 is 1.79 bits per heavy atom. The van der Waals surface area contributed by atoms with Crippen LogP contribution in [0.4, 0.5) is 5.69 Å². The smallest absolute Gasteiger partial charge is 0.338 e. The van der Waals surface area contributed by atoms with Gasteiger partial charge in [-0.15, -0.1) is 0 Å². The van der Waals surface area contributed by atoms with Gasteiger partial charge < -0.3 is 4.74 Å². The molecule has 9 heteroatoms. The number of anilines is 1. The topological polar surface area (TPSA) is 80.8 Å². The van der Waals surface area contributed by atoms with Gasteiger partial charge in [0.25, 0.3) is 10.0 Å². The molecule has 1 heterocycles. The summed E-state index contributed by atoms with van der Waals surface area (Å²) in [6.45, 7) is 1.27. The second-order valence-electron chi connectivity index (χ2n) is 7.63. The first-order valence-corrected chi connectivity index (χ1v) is 12.3. The Morgan fingerprint density at radius 1 is 1.03 bits per heavy atom.